The second-order valence-corrected chi connectivity index (χ2v) is 8.22. The molecule has 1 saturated carbocycles. The van der Waals surface area contributed by atoms with Crippen molar-refractivity contribution in [1.29, 1.82) is 10.5 Å². The summed E-state index contributed by atoms with van der Waals surface area (Å²) in [6.07, 6.45) is 3.76. The van der Waals surface area contributed by atoms with Crippen LogP contribution in [0.4, 0.5) is 0 Å². The summed E-state index contributed by atoms with van der Waals surface area (Å²) in [5, 5.41) is 25.2. The highest BCUT2D eigenvalue weighted by atomic mass is 35.5. The van der Waals surface area contributed by atoms with Crippen molar-refractivity contribution in [3.63, 3.8) is 0 Å². The third-order valence-electron chi connectivity index (χ3n) is 5.93. The molecule has 2 aromatic carbocycles. The van der Waals surface area contributed by atoms with E-state index in [0.29, 0.717) is 29.0 Å². The highest BCUT2D eigenvalue weighted by Gasteiger charge is 2.43. The van der Waals surface area contributed by atoms with Crippen molar-refractivity contribution in [2.24, 2.45) is 5.92 Å². The van der Waals surface area contributed by atoms with Gasteiger partial charge in [-0.05, 0) is 54.0 Å². The quantitative estimate of drug-likeness (QED) is 0.797. The number of nitriles is 2. The van der Waals surface area contributed by atoms with Crippen molar-refractivity contribution < 1.29 is 4.79 Å². The first-order chi connectivity index (χ1) is 14.1. The number of halogens is 1. The minimum atomic E-state index is -0.557. The predicted octanol–water partition coefficient (Wildman–Crippen LogP) is 3.57. The van der Waals surface area contributed by atoms with Crippen molar-refractivity contribution in [3.8, 4) is 23.3 Å². The van der Waals surface area contributed by atoms with Gasteiger partial charge in [-0.15, -0.1) is 0 Å². The molecule has 5 nitrogen and oxygen atoms in total. The van der Waals surface area contributed by atoms with Crippen molar-refractivity contribution >= 4 is 17.5 Å². The van der Waals surface area contributed by atoms with E-state index < -0.39 is 6.04 Å². The average Bonchev–Trinajstić information content (AvgIpc) is 3.37. The van der Waals surface area contributed by atoms with Gasteiger partial charge in [0.05, 0.1) is 22.7 Å². The van der Waals surface area contributed by atoms with Crippen molar-refractivity contribution in [2.45, 2.75) is 43.8 Å². The molecule has 4 atom stereocenters. The molecule has 1 saturated heterocycles. The van der Waals surface area contributed by atoms with E-state index in [1.54, 1.807) is 12.1 Å². The number of hydrogen-bond donors (Lipinski definition) is 2. The maximum absolute atomic E-state index is 12.6. The van der Waals surface area contributed by atoms with Crippen LogP contribution in [0.25, 0.3) is 11.1 Å². The maximum Gasteiger partial charge on any atom is 0.238 e. The molecule has 3 unspecified atom stereocenters. The zero-order valence-corrected chi connectivity index (χ0v) is 16.6. The number of benzene rings is 2. The summed E-state index contributed by atoms with van der Waals surface area (Å²) < 4.78 is 0. The molecule has 2 bridgehead atoms. The molecule has 2 aromatic rings. The summed E-state index contributed by atoms with van der Waals surface area (Å²) >= 11 is 6.12. The lowest BCUT2D eigenvalue weighted by atomic mass is 9.98. The summed E-state index contributed by atoms with van der Waals surface area (Å²) in [7, 11) is 0. The van der Waals surface area contributed by atoms with Gasteiger partial charge in [0.2, 0.25) is 5.91 Å². The first kappa shape index (κ1) is 19.5. The third-order valence-corrected chi connectivity index (χ3v) is 6.24. The van der Waals surface area contributed by atoms with Crippen LogP contribution in [0.1, 0.15) is 30.4 Å². The Bertz CT molecular complexity index is 1010. The van der Waals surface area contributed by atoms with E-state index in [1.807, 2.05) is 30.3 Å². The first-order valence-corrected chi connectivity index (χ1v) is 10.2. The molecule has 2 aliphatic rings. The number of nitrogens with one attached hydrogen (secondary N) is 2. The van der Waals surface area contributed by atoms with Gasteiger partial charge < -0.3 is 10.6 Å². The Morgan fingerprint density at radius 3 is 2.52 bits per heavy atom. The van der Waals surface area contributed by atoms with Gasteiger partial charge >= 0.3 is 0 Å². The second-order valence-electron chi connectivity index (χ2n) is 7.81. The molecule has 29 heavy (non-hydrogen) atoms. The van der Waals surface area contributed by atoms with Gasteiger partial charge in [0.15, 0.2) is 0 Å². The standard InChI is InChI=1S/C23H21ClN4O/c24-21-11-16(5-6-18(21)12-25)15-3-1-14(2-4-15)9-20(13-26)28-23(29)22-17-7-8-19(10-17)27-22/h1-6,11,17,19-20,22,27H,7-10H2,(H,28,29)/t17?,19?,20-,22?/m0/s1. The van der Waals surface area contributed by atoms with Crippen molar-refractivity contribution in [1.82, 2.24) is 10.6 Å². The Labute approximate surface area is 175 Å². The highest BCUT2D eigenvalue weighted by molar-refractivity contribution is 6.32. The molecule has 1 amide bonds. The average molecular weight is 405 g/mol. The molecular weight excluding hydrogens is 384 g/mol. The van der Waals surface area contributed by atoms with Crippen LogP contribution in [-0.2, 0) is 11.2 Å². The van der Waals surface area contributed by atoms with Crippen LogP contribution in [0.15, 0.2) is 42.5 Å². The topological polar surface area (TPSA) is 88.7 Å². The monoisotopic (exact) mass is 404 g/mol. The fraction of sp³-hybridized carbons (Fsp3) is 0.348. The Balaban J connectivity index is 1.39. The zero-order chi connectivity index (χ0) is 20.4. The number of carbonyl (C=O) groups is 1. The Morgan fingerprint density at radius 1 is 1.17 bits per heavy atom. The van der Waals surface area contributed by atoms with Gasteiger partial charge in [0.1, 0.15) is 12.1 Å². The molecule has 2 N–H and O–H groups in total. The van der Waals surface area contributed by atoms with Crippen LogP contribution in [0.5, 0.6) is 0 Å². The molecule has 1 aliphatic carbocycles. The molecule has 146 valence electrons. The number of amides is 1. The van der Waals surface area contributed by atoms with Gasteiger partial charge in [-0.25, -0.2) is 0 Å². The summed E-state index contributed by atoms with van der Waals surface area (Å²) in [5.74, 6) is 0.338. The van der Waals surface area contributed by atoms with E-state index in [0.717, 1.165) is 36.0 Å². The van der Waals surface area contributed by atoms with Crippen LogP contribution in [0.2, 0.25) is 5.02 Å². The molecule has 0 aromatic heterocycles. The van der Waals surface area contributed by atoms with E-state index in [2.05, 4.69) is 22.8 Å². The number of nitrogens with zero attached hydrogens (tertiary/aromatic N) is 2. The van der Waals surface area contributed by atoms with Gasteiger partial charge in [-0.2, -0.15) is 10.5 Å². The van der Waals surface area contributed by atoms with E-state index in [-0.39, 0.29) is 11.9 Å². The third kappa shape index (κ3) is 4.12. The highest BCUT2D eigenvalue weighted by Crippen LogP contribution is 2.35. The van der Waals surface area contributed by atoms with Crippen LogP contribution in [0.3, 0.4) is 0 Å². The van der Waals surface area contributed by atoms with Crippen molar-refractivity contribution in [2.75, 3.05) is 0 Å². The predicted molar refractivity (Wildman–Crippen MR) is 111 cm³/mol. The summed E-state index contributed by atoms with van der Waals surface area (Å²) in [5.41, 5.74) is 3.32. The maximum atomic E-state index is 12.6. The van der Waals surface area contributed by atoms with Crippen LogP contribution >= 0.6 is 11.6 Å². The first-order valence-electron chi connectivity index (χ1n) is 9.82. The Hall–Kier alpha value is -2.86. The second kappa shape index (κ2) is 8.25. The van der Waals surface area contributed by atoms with E-state index in [4.69, 9.17) is 16.9 Å². The number of hydrogen-bond acceptors (Lipinski definition) is 4. The molecule has 0 spiro atoms. The minimum Gasteiger partial charge on any atom is -0.339 e. The molecule has 4 rings (SSSR count). The molecule has 1 aliphatic heterocycles. The molecule has 6 heteroatoms. The number of carbonyl (C=O) groups excluding carboxylic acids is 1. The van der Waals surface area contributed by atoms with Gasteiger partial charge in [-0.3, -0.25) is 4.79 Å². The Morgan fingerprint density at radius 2 is 1.93 bits per heavy atom. The van der Waals surface area contributed by atoms with E-state index in [9.17, 15) is 10.1 Å². The molecule has 1 heterocycles. The SMILES string of the molecule is N#Cc1ccc(-c2ccc(C[C@@H](C#N)NC(=O)C3NC4CCC3C4)cc2)cc1Cl. The Kier molecular flexibility index (Phi) is 5.53. The smallest absolute Gasteiger partial charge is 0.238 e. The van der Waals surface area contributed by atoms with Crippen LogP contribution < -0.4 is 10.6 Å². The van der Waals surface area contributed by atoms with Crippen LogP contribution in [0, 0.1) is 28.6 Å². The summed E-state index contributed by atoms with van der Waals surface area (Å²) in [4.78, 5) is 12.6. The fourth-order valence-corrected chi connectivity index (χ4v) is 4.62. The number of piperidine rings is 1. The lowest BCUT2D eigenvalue weighted by Crippen LogP contribution is -2.50. The summed E-state index contributed by atoms with van der Waals surface area (Å²) in [6, 6.07) is 17.2. The molecule has 2 fully saturated rings. The van der Waals surface area contributed by atoms with E-state index in [1.165, 1.54) is 0 Å². The lowest BCUT2D eigenvalue weighted by molar-refractivity contribution is -0.124. The van der Waals surface area contributed by atoms with Crippen LogP contribution in [-0.4, -0.2) is 24.0 Å². The molecular formula is C23H21ClN4O. The minimum absolute atomic E-state index is 0.0624. The van der Waals surface area contributed by atoms with Crippen molar-refractivity contribution in [3.05, 3.63) is 58.6 Å². The number of fused-ring (bicyclic) bond motifs is 2. The van der Waals surface area contributed by atoms with E-state index >= 15 is 0 Å². The lowest BCUT2D eigenvalue weighted by Gasteiger charge is -2.23. The largest absolute Gasteiger partial charge is 0.339 e. The van der Waals surface area contributed by atoms with Gasteiger partial charge in [0.25, 0.3) is 0 Å². The fourth-order valence-electron chi connectivity index (χ4n) is 4.40. The zero-order valence-electron chi connectivity index (χ0n) is 15.9. The van der Waals surface area contributed by atoms with Gasteiger partial charge in [0, 0.05) is 12.5 Å². The molecule has 0 radical (unpaired) electrons. The summed E-state index contributed by atoms with van der Waals surface area (Å²) in [6.45, 7) is 0. The number of rotatable bonds is 5. The normalized spacial score (nSPS) is 23.2. The van der Waals surface area contributed by atoms with Gasteiger partial charge in [-0.1, -0.05) is 41.9 Å².